The molecule has 0 aromatic heterocycles. The molecule has 0 saturated carbocycles. The van der Waals surface area contributed by atoms with Gasteiger partial charge < -0.3 is 0 Å². The van der Waals surface area contributed by atoms with E-state index in [-0.39, 0.29) is 6.04 Å². The van der Waals surface area contributed by atoms with Crippen molar-refractivity contribution in [2.24, 2.45) is 5.84 Å². The lowest BCUT2D eigenvalue weighted by atomic mass is 9.97. The van der Waals surface area contributed by atoms with E-state index >= 15 is 0 Å². The molecule has 0 fully saturated rings. The number of hydrogen-bond acceptors (Lipinski definition) is 2. The van der Waals surface area contributed by atoms with E-state index < -0.39 is 0 Å². The molecule has 0 aliphatic heterocycles. The smallest absolute Gasteiger partial charge is 0.0500 e. The Labute approximate surface area is 138 Å². The highest BCUT2D eigenvalue weighted by molar-refractivity contribution is 14.1. The van der Waals surface area contributed by atoms with Gasteiger partial charge >= 0.3 is 0 Å². The van der Waals surface area contributed by atoms with Gasteiger partial charge in [0.1, 0.15) is 0 Å². The molecule has 106 valence electrons. The number of hydrogen-bond donors (Lipinski definition) is 2. The van der Waals surface area contributed by atoms with Crippen molar-refractivity contribution in [2.75, 3.05) is 0 Å². The summed E-state index contributed by atoms with van der Waals surface area (Å²) >= 11 is 2.32. The Kier molecular flexibility index (Phi) is 4.53. The molecule has 3 aromatic carbocycles. The fourth-order valence-corrected chi connectivity index (χ4v) is 2.91. The average molecular weight is 388 g/mol. The molecule has 0 heterocycles. The van der Waals surface area contributed by atoms with Crippen LogP contribution in [0.25, 0.3) is 10.8 Å². The molecule has 0 spiro atoms. The quantitative estimate of drug-likeness (QED) is 0.400. The van der Waals surface area contributed by atoms with Gasteiger partial charge in [-0.1, -0.05) is 48.5 Å². The molecular formula is C18H17IN2. The maximum Gasteiger partial charge on any atom is 0.0500 e. The van der Waals surface area contributed by atoms with Gasteiger partial charge in [-0.3, -0.25) is 11.3 Å². The SMILES string of the molecule is NNC(Cc1ccc(I)cc1)c1ccc2ccccc2c1. The van der Waals surface area contributed by atoms with Crippen LogP contribution in [-0.2, 0) is 6.42 Å². The molecule has 0 amide bonds. The first-order valence-corrected chi connectivity index (χ1v) is 8.03. The highest BCUT2D eigenvalue weighted by Gasteiger charge is 2.11. The van der Waals surface area contributed by atoms with Crippen LogP contribution in [-0.4, -0.2) is 0 Å². The highest BCUT2D eigenvalue weighted by Crippen LogP contribution is 2.23. The van der Waals surface area contributed by atoms with E-state index in [1.54, 1.807) is 0 Å². The summed E-state index contributed by atoms with van der Waals surface area (Å²) < 4.78 is 1.25. The lowest BCUT2D eigenvalue weighted by Crippen LogP contribution is -2.29. The molecule has 0 aliphatic carbocycles. The maximum atomic E-state index is 5.78. The summed E-state index contributed by atoms with van der Waals surface area (Å²) in [5, 5.41) is 2.50. The monoisotopic (exact) mass is 388 g/mol. The number of hydrazine groups is 1. The van der Waals surface area contributed by atoms with Crippen molar-refractivity contribution in [1.29, 1.82) is 0 Å². The molecule has 21 heavy (non-hydrogen) atoms. The van der Waals surface area contributed by atoms with Crippen LogP contribution in [0.1, 0.15) is 17.2 Å². The summed E-state index contributed by atoms with van der Waals surface area (Å²) in [6.07, 6.45) is 0.881. The number of halogens is 1. The van der Waals surface area contributed by atoms with Crippen LogP contribution in [0.2, 0.25) is 0 Å². The molecular weight excluding hydrogens is 371 g/mol. The second kappa shape index (κ2) is 6.56. The predicted octanol–water partition coefficient (Wildman–Crippen LogP) is 4.19. The third-order valence-electron chi connectivity index (χ3n) is 3.73. The Balaban J connectivity index is 1.88. The van der Waals surface area contributed by atoms with Gasteiger partial charge in [-0.2, -0.15) is 0 Å². The van der Waals surface area contributed by atoms with Crippen LogP contribution in [0.4, 0.5) is 0 Å². The van der Waals surface area contributed by atoms with Crippen molar-refractivity contribution in [2.45, 2.75) is 12.5 Å². The number of benzene rings is 3. The molecule has 2 nitrogen and oxygen atoms in total. The first-order valence-electron chi connectivity index (χ1n) is 6.95. The lowest BCUT2D eigenvalue weighted by Gasteiger charge is -2.17. The Bertz CT molecular complexity index is 738. The molecule has 3 rings (SSSR count). The van der Waals surface area contributed by atoms with Crippen molar-refractivity contribution in [3.8, 4) is 0 Å². The molecule has 3 N–H and O–H groups in total. The minimum Gasteiger partial charge on any atom is -0.271 e. The number of rotatable bonds is 4. The van der Waals surface area contributed by atoms with Gasteiger partial charge in [0.2, 0.25) is 0 Å². The van der Waals surface area contributed by atoms with E-state index in [9.17, 15) is 0 Å². The van der Waals surface area contributed by atoms with Gasteiger partial charge in [0.05, 0.1) is 6.04 Å². The van der Waals surface area contributed by atoms with E-state index in [0.717, 1.165) is 6.42 Å². The van der Waals surface area contributed by atoms with Crippen molar-refractivity contribution < 1.29 is 0 Å². The predicted molar refractivity (Wildman–Crippen MR) is 96.9 cm³/mol. The fraction of sp³-hybridized carbons (Fsp3) is 0.111. The number of nitrogens with two attached hydrogens (primary N) is 1. The number of nitrogens with one attached hydrogen (secondary N) is 1. The Morgan fingerprint density at radius 2 is 1.62 bits per heavy atom. The van der Waals surface area contributed by atoms with Crippen molar-refractivity contribution in [3.05, 3.63) is 81.4 Å². The van der Waals surface area contributed by atoms with E-state index in [1.807, 2.05) is 0 Å². The molecule has 0 radical (unpaired) electrons. The third-order valence-corrected chi connectivity index (χ3v) is 4.45. The van der Waals surface area contributed by atoms with Crippen molar-refractivity contribution in [3.63, 3.8) is 0 Å². The van der Waals surface area contributed by atoms with Gasteiger partial charge in [0.25, 0.3) is 0 Å². The fourth-order valence-electron chi connectivity index (χ4n) is 2.55. The molecule has 0 bridgehead atoms. The standard InChI is InChI=1S/C18H17IN2/c19-17-9-5-13(6-10-17)11-18(21-20)16-8-7-14-3-1-2-4-15(14)12-16/h1-10,12,18,21H,11,20H2. The summed E-state index contributed by atoms with van der Waals surface area (Å²) in [6.45, 7) is 0. The first-order chi connectivity index (χ1) is 10.3. The zero-order chi connectivity index (χ0) is 14.7. The Morgan fingerprint density at radius 3 is 2.33 bits per heavy atom. The topological polar surface area (TPSA) is 38.0 Å². The van der Waals surface area contributed by atoms with Gasteiger partial charge in [-0.15, -0.1) is 0 Å². The Morgan fingerprint density at radius 1 is 0.905 bits per heavy atom. The van der Waals surface area contributed by atoms with Gasteiger partial charge in [0.15, 0.2) is 0 Å². The van der Waals surface area contributed by atoms with Gasteiger partial charge in [-0.25, -0.2) is 0 Å². The molecule has 3 aromatic rings. The maximum absolute atomic E-state index is 5.78. The van der Waals surface area contributed by atoms with E-state index in [2.05, 4.69) is 94.7 Å². The minimum absolute atomic E-state index is 0.120. The summed E-state index contributed by atoms with van der Waals surface area (Å²) in [5.74, 6) is 5.78. The molecule has 1 atom stereocenters. The van der Waals surface area contributed by atoms with Crippen LogP contribution < -0.4 is 11.3 Å². The Hall–Kier alpha value is -1.43. The molecule has 3 heteroatoms. The normalized spacial score (nSPS) is 12.5. The zero-order valence-corrected chi connectivity index (χ0v) is 13.7. The van der Waals surface area contributed by atoms with Crippen molar-refractivity contribution >= 4 is 33.4 Å². The van der Waals surface area contributed by atoms with Crippen LogP contribution in [0.15, 0.2) is 66.7 Å². The molecule has 0 aliphatic rings. The van der Waals surface area contributed by atoms with Gasteiger partial charge in [-0.05, 0) is 69.1 Å². The van der Waals surface area contributed by atoms with Crippen LogP contribution in [0, 0.1) is 3.57 Å². The highest BCUT2D eigenvalue weighted by atomic mass is 127. The minimum atomic E-state index is 0.120. The third kappa shape index (κ3) is 3.43. The summed E-state index contributed by atoms with van der Waals surface area (Å²) in [6, 6.07) is 23.6. The second-order valence-electron chi connectivity index (χ2n) is 5.16. The van der Waals surface area contributed by atoms with E-state index in [0.29, 0.717) is 0 Å². The van der Waals surface area contributed by atoms with Crippen LogP contribution in [0.3, 0.4) is 0 Å². The van der Waals surface area contributed by atoms with E-state index in [4.69, 9.17) is 5.84 Å². The summed E-state index contributed by atoms with van der Waals surface area (Å²) in [7, 11) is 0. The van der Waals surface area contributed by atoms with Crippen molar-refractivity contribution in [1.82, 2.24) is 5.43 Å². The number of fused-ring (bicyclic) bond motifs is 1. The zero-order valence-electron chi connectivity index (χ0n) is 11.6. The largest absolute Gasteiger partial charge is 0.271 e. The molecule has 0 saturated heterocycles. The van der Waals surface area contributed by atoms with Crippen LogP contribution in [0.5, 0.6) is 0 Å². The first kappa shape index (κ1) is 14.5. The second-order valence-corrected chi connectivity index (χ2v) is 6.40. The lowest BCUT2D eigenvalue weighted by molar-refractivity contribution is 0.552. The molecule has 1 unspecified atom stereocenters. The van der Waals surface area contributed by atoms with Crippen LogP contribution >= 0.6 is 22.6 Å². The summed E-state index contributed by atoms with van der Waals surface area (Å²) in [4.78, 5) is 0. The van der Waals surface area contributed by atoms with Gasteiger partial charge in [0, 0.05) is 3.57 Å². The van der Waals surface area contributed by atoms with E-state index in [1.165, 1.54) is 25.5 Å². The average Bonchev–Trinajstić information content (AvgIpc) is 2.54. The summed E-state index contributed by atoms with van der Waals surface area (Å²) in [5.41, 5.74) is 5.45.